The Morgan fingerprint density at radius 3 is 2.48 bits per heavy atom. The van der Waals surface area contributed by atoms with Gasteiger partial charge in [-0.25, -0.2) is 4.98 Å². The van der Waals surface area contributed by atoms with Crippen molar-refractivity contribution in [3.63, 3.8) is 0 Å². The Labute approximate surface area is 145 Å². The summed E-state index contributed by atoms with van der Waals surface area (Å²) >= 11 is 0. The average molecular weight is 336 g/mol. The van der Waals surface area contributed by atoms with E-state index in [1.807, 2.05) is 49.3 Å². The van der Waals surface area contributed by atoms with Gasteiger partial charge in [0.15, 0.2) is 0 Å². The molecule has 0 saturated carbocycles. The summed E-state index contributed by atoms with van der Waals surface area (Å²) in [5.41, 5.74) is 2.12. The molecular weight excluding hydrogens is 316 g/mol. The fourth-order valence-electron chi connectivity index (χ4n) is 2.57. The maximum absolute atomic E-state index is 12.6. The summed E-state index contributed by atoms with van der Waals surface area (Å²) < 4.78 is 1.35. The van der Waals surface area contributed by atoms with E-state index in [1.165, 1.54) is 10.9 Å². The van der Waals surface area contributed by atoms with Gasteiger partial charge in [0.25, 0.3) is 5.56 Å². The Kier molecular flexibility index (Phi) is 4.52. The number of hydrogen-bond acceptors (Lipinski definition) is 4. The number of aromatic nitrogens is 2. The summed E-state index contributed by atoms with van der Waals surface area (Å²) in [5.74, 6) is -0.267. The van der Waals surface area contributed by atoms with Gasteiger partial charge in [-0.05, 0) is 43.3 Å². The van der Waals surface area contributed by atoms with Crippen molar-refractivity contribution in [2.45, 2.75) is 13.0 Å². The molecule has 0 fully saturated rings. The molecule has 1 unspecified atom stereocenters. The second-order valence-corrected chi connectivity index (χ2v) is 6.08. The smallest absolute Gasteiger partial charge is 0.261 e. The molecule has 0 radical (unpaired) electrons. The predicted octanol–water partition coefficient (Wildman–Crippen LogP) is 2.66. The number of fused-ring (bicyclic) bond motifs is 1. The van der Waals surface area contributed by atoms with Crippen LogP contribution in [0.1, 0.15) is 13.0 Å². The Bertz CT molecular complexity index is 961. The normalized spacial score (nSPS) is 12.0. The zero-order valence-electron chi connectivity index (χ0n) is 14.4. The molecule has 6 heteroatoms. The van der Waals surface area contributed by atoms with Crippen LogP contribution in [-0.2, 0) is 4.79 Å². The van der Waals surface area contributed by atoms with Gasteiger partial charge in [0.05, 0.1) is 17.2 Å². The van der Waals surface area contributed by atoms with Gasteiger partial charge in [-0.2, -0.15) is 0 Å². The van der Waals surface area contributed by atoms with E-state index >= 15 is 0 Å². The van der Waals surface area contributed by atoms with Crippen LogP contribution >= 0.6 is 0 Å². The Hall–Kier alpha value is -3.15. The Morgan fingerprint density at radius 1 is 1.12 bits per heavy atom. The number of amides is 1. The number of anilines is 2. The predicted molar refractivity (Wildman–Crippen MR) is 100 cm³/mol. The molecule has 0 saturated heterocycles. The van der Waals surface area contributed by atoms with Crippen molar-refractivity contribution < 1.29 is 4.79 Å². The van der Waals surface area contributed by atoms with Gasteiger partial charge >= 0.3 is 0 Å². The van der Waals surface area contributed by atoms with Gasteiger partial charge in [0.2, 0.25) is 5.91 Å². The lowest BCUT2D eigenvalue weighted by Crippen LogP contribution is -2.31. The van der Waals surface area contributed by atoms with E-state index in [2.05, 4.69) is 10.3 Å². The van der Waals surface area contributed by atoms with Crippen LogP contribution in [0.4, 0.5) is 11.4 Å². The average Bonchev–Trinajstić information content (AvgIpc) is 2.62. The number of nitrogens with one attached hydrogen (secondary N) is 1. The van der Waals surface area contributed by atoms with Crippen LogP contribution in [0.15, 0.2) is 59.7 Å². The molecule has 1 N–H and O–H groups in total. The fourth-order valence-corrected chi connectivity index (χ4v) is 2.57. The first-order valence-electron chi connectivity index (χ1n) is 8.01. The number of benzene rings is 2. The zero-order chi connectivity index (χ0) is 18.0. The van der Waals surface area contributed by atoms with Crippen molar-refractivity contribution in [2.75, 3.05) is 24.3 Å². The maximum Gasteiger partial charge on any atom is 0.261 e. The molecule has 25 heavy (non-hydrogen) atoms. The molecule has 3 rings (SSSR count). The Morgan fingerprint density at radius 2 is 1.80 bits per heavy atom. The molecule has 0 aliphatic rings. The minimum atomic E-state index is -0.668. The van der Waals surface area contributed by atoms with Crippen molar-refractivity contribution in [2.24, 2.45) is 0 Å². The lowest BCUT2D eigenvalue weighted by molar-refractivity contribution is -0.118. The number of hydrogen-bond donors (Lipinski definition) is 1. The minimum absolute atomic E-state index is 0.226. The number of carbonyl (C=O) groups is 1. The first kappa shape index (κ1) is 16.7. The summed E-state index contributed by atoms with van der Waals surface area (Å²) in [4.78, 5) is 31.3. The molecule has 0 aliphatic heterocycles. The van der Waals surface area contributed by atoms with E-state index in [9.17, 15) is 9.59 Å². The third kappa shape index (κ3) is 3.38. The molecular formula is C19H20N4O2. The molecule has 6 nitrogen and oxygen atoms in total. The van der Waals surface area contributed by atoms with Gasteiger partial charge < -0.3 is 10.2 Å². The lowest BCUT2D eigenvalue weighted by atomic mass is 10.2. The summed E-state index contributed by atoms with van der Waals surface area (Å²) in [7, 11) is 3.91. The van der Waals surface area contributed by atoms with Crippen LogP contribution in [0.5, 0.6) is 0 Å². The van der Waals surface area contributed by atoms with Crippen molar-refractivity contribution in [1.82, 2.24) is 9.55 Å². The summed E-state index contributed by atoms with van der Waals surface area (Å²) in [5, 5.41) is 3.34. The second kappa shape index (κ2) is 6.76. The number of nitrogens with zero attached hydrogens (tertiary/aromatic N) is 3. The summed E-state index contributed by atoms with van der Waals surface area (Å²) in [6, 6.07) is 13.9. The van der Waals surface area contributed by atoms with Crippen molar-refractivity contribution in [1.29, 1.82) is 0 Å². The second-order valence-electron chi connectivity index (χ2n) is 6.08. The van der Waals surface area contributed by atoms with Crippen LogP contribution in [0.3, 0.4) is 0 Å². The van der Waals surface area contributed by atoms with Crippen LogP contribution in [-0.4, -0.2) is 29.6 Å². The molecule has 0 aliphatic carbocycles. The third-order valence-corrected chi connectivity index (χ3v) is 4.14. The lowest BCUT2D eigenvalue weighted by Gasteiger charge is -2.16. The van der Waals surface area contributed by atoms with E-state index in [0.29, 0.717) is 16.6 Å². The monoisotopic (exact) mass is 336 g/mol. The molecule has 2 aromatic carbocycles. The van der Waals surface area contributed by atoms with Gasteiger partial charge in [0, 0.05) is 25.5 Å². The molecule has 3 aromatic rings. The molecule has 0 bridgehead atoms. The molecule has 128 valence electrons. The number of para-hydroxylation sites is 1. The van der Waals surface area contributed by atoms with Crippen LogP contribution in [0.2, 0.25) is 0 Å². The highest BCUT2D eigenvalue weighted by atomic mass is 16.2. The standard InChI is InChI=1S/C19H20N4O2/c1-13(18(24)21-14-8-10-15(11-9-14)22(2)3)23-12-20-17-7-5-4-6-16(17)19(23)25/h4-13H,1-3H3,(H,21,24). The maximum atomic E-state index is 12.6. The van der Waals surface area contributed by atoms with Crippen molar-refractivity contribution >= 4 is 28.2 Å². The largest absolute Gasteiger partial charge is 0.378 e. The highest BCUT2D eigenvalue weighted by molar-refractivity contribution is 5.93. The van der Waals surface area contributed by atoms with E-state index in [1.54, 1.807) is 25.1 Å². The number of carbonyl (C=O) groups excluding carboxylic acids is 1. The third-order valence-electron chi connectivity index (χ3n) is 4.14. The van der Waals surface area contributed by atoms with Gasteiger partial charge in [-0.3, -0.25) is 14.2 Å². The van der Waals surface area contributed by atoms with Gasteiger partial charge in [0.1, 0.15) is 6.04 Å². The molecule has 1 aromatic heterocycles. The quantitative estimate of drug-likeness (QED) is 0.795. The SMILES string of the molecule is CC(C(=O)Nc1ccc(N(C)C)cc1)n1cnc2ccccc2c1=O. The topological polar surface area (TPSA) is 67.2 Å². The van der Waals surface area contributed by atoms with Crippen molar-refractivity contribution in [3.8, 4) is 0 Å². The Balaban J connectivity index is 1.83. The van der Waals surface area contributed by atoms with Crippen molar-refractivity contribution in [3.05, 3.63) is 65.2 Å². The fraction of sp³-hybridized carbons (Fsp3) is 0.211. The van der Waals surface area contributed by atoms with Crippen LogP contribution < -0.4 is 15.8 Å². The molecule has 1 atom stereocenters. The first-order valence-corrected chi connectivity index (χ1v) is 8.01. The van der Waals surface area contributed by atoms with E-state index in [0.717, 1.165) is 5.69 Å². The zero-order valence-corrected chi connectivity index (χ0v) is 14.4. The molecule has 1 amide bonds. The summed E-state index contributed by atoms with van der Waals surface area (Å²) in [6.07, 6.45) is 1.42. The first-order chi connectivity index (χ1) is 12.0. The number of rotatable bonds is 4. The molecule has 1 heterocycles. The van der Waals surface area contributed by atoms with Gasteiger partial charge in [-0.15, -0.1) is 0 Å². The van der Waals surface area contributed by atoms with E-state index < -0.39 is 6.04 Å². The highest BCUT2D eigenvalue weighted by Gasteiger charge is 2.17. The minimum Gasteiger partial charge on any atom is -0.378 e. The van der Waals surface area contributed by atoms with E-state index in [4.69, 9.17) is 0 Å². The van der Waals surface area contributed by atoms with E-state index in [-0.39, 0.29) is 11.5 Å². The highest BCUT2D eigenvalue weighted by Crippen LogP contribution is 2.17. The van der Waals surface area contributed by atoms with Crippen LogP contribution in [0, 0.1) is 0 Å². The summed E-state index contributed by atoms with van der Waals surface area (Å²) in [6.45, 7) is 1.68. The van der Waals surface area contributed by atoms with Gasteiger partial charge in [-0.1, -0.05) is 12.1 Å². The molecule has 0 spiro atoms. The van der Waals surface area contributed by atoms with Crippen LogP contribution in [0.25, 0.3) is 10.9 Å².